The van der Waals surface area contributed by atoms with Crippen LogP contribution in [0.15, 0.2) is 54.6 Å². The minimum Gasteiger partial charge on any atom is -0.493 e. The summed E-state index contributed by atoms with van der Waals surface area (Å²) in [7, 11) is 0. The Morgan fingerprint density at radius 2 is 0.596 bits per heavy atom. The van der Waals surface area contributed by atoms with Crippen molar-refractivity contribution in [2.75, 3.05) is 26.4 Å². The number of aliphatic hydroxyl groups is 1. The Balaban J connectivity index is 1.69. The van der Waals surface area contributed by atoms with Gasteiger partial charge in [0.15, 0.2) is 0 Å². The number of hydrogen-bond donors (Lipinski definition) is 1. The Bertz CT molecular complexity index is 1200. The molecule has 0 bridgehead atoms. The SMILES string of the molecule is CCCCCCOc1cc(COc2cc(CO)cc(OCc3cc(OCCCCCC)cc(OCCCCCC)c3)c2)cc(OCCCCCC)c1. The van der Waals surface area contributed by atoms with E-state index in [2.05, 4.69) is 27.7 Å². The lowest BCUT2D eigenvalue weighted by Gasteiger charge is -2.15. The quantitative estimate of drug-likeness (QED) is 0.0663. The van der Waals surface area contributed by atoms with E-state index in [1.54, 1.807) is 0 Å². The molecule has 3 rings (SSSR count). The maximum atomic E-state index is 10.1. The van der Waals surface area contributed by atoms with Gasteiger partial charge >= 0.3 is 0 Å². The van der Waals surface area contributed by atoms with E-state index in [1.165, 1.54) is 51.4 Å². The van der Waals surface area contributed by atoms with E-state index >= 15 is 0 Å². The van der Waals surface area contributed by atoms with Gasteiger partial charge in [0.25, 0.3) is 0 Å². The van der Waals surface area contributed by atoms with Gasteiger partial charge in [-0.15, -0.1) is 0 Å². The smallest absolute Gasteiger partial charge is 0.123 e. The molecule has 0 amide bonds. The first-order valence-corrected chi connectivity index (χ1v) is 20.4. The van der Waals surface area contributed by atoms with Gasteiger partial charge in [-0.1, -0.05) is 105 Å². The average molecular weight is 721 g/mol. The summed E-state index contributed by atoms with van der Waals surface area (Å²) in [6, 6.07) is 17.6. The summed E-state index contributed by atoms with van der Waals surface area (Å²) in [5.41, 5.74) is 2.63. The van der Waals surface area contributed by atoms with E-state index in [-0.39, 0.29) is 6.61 Å². The number of aliphatic hydroxyl groups excluding tert-OH is 1. The van der Waals surface area contributed by atoms with Crippen LogP contribution in [-0.4, -0.2) is 31.5 Å². The summed E-state index contributed by atoms with van der Waals surface area (Å²) in [5.74, 6) is 4.43. The zero-order chi connectivity index (χ0) is 37.1. The van der Waals surface area contributed by atoms with Gasteiger partial charge in [-0.05, 0) is 78.8 Å². The third-order valence-electron chi connectivity index (χ3n) is 8.88. The molecule has 3 aromatic rings. The van der Waals surface area contributed by atoms with Crippen LogP contribution in [0.25, 0.3) is 0 Å². The Morgan fingerprint density at radius 1 is 0.327 bits per heavy atom. The van der Waals surface area contributed by atoms with Crippen LogP contribution in [0, 0.1) is 0 Å². The molecule has 0 aliphatic rings. The van der Waals surface area contributed by atoms with E-state index in [4.69, 9.17) is 28.4 Å². The van der Waals surface area contributed by atoms with Gasteiger partial charge in [-0.25, -0.2) is 0 Å². The van der Waals surface area contributed by atoms with Gasteiger partial charge < -0.3 is 33.5 Å². The standard InChI is InChI=1S/C45H68O7/c1-5-9-13-17-21-47-40-27-38(28-41(31-40)48-22-18-14-10-6-2)35-51-44-25-37(34-46)26-45(33-44)52-36-39-29-42(49-23-19-15-11-7-3)32-43(30-39)50-24-20-16-12-8-4/h25-33,46H,5-24,34-36H2,1-4H3. The molecule has 0 saturated carbocycles. The van der Waals surface area contributed by atoms with Crippen molar-refractivity contribution in [3.05, 3.63) is 71.3 Å². The molecule has 1 N–H and O–H groups in total. The minimum atomic E-state index is -0.123. The molecule has 290 valence electrons. The van der Waals surface area contributed by atoms with E-state index in [1.807, 2.05) is 54.6 Å². The fourth-order valence-electron chi connectivity index (χ4n) is 5.86. The summed E-state index contributed by atoms with van der Waals surface area (Å²) in [4.78, 5) is 0. The molecule has 0 heterocycles. The first-order valence-electron chi connectivity index (χ1n) is 20.4. The summed E-state index contributed by atoms with van der Waals surface area (Å²) in [6.07, 6.45) is 18.4. The minimum absolute atomic E-state index is 0.123. The highest BCUT2D eigenvalue weighted by atomic mass is 16.5. The molecule has 0 unspecified atom stereocenters. The highest BCUT2D eigenvalue weighted by molar-refractivity contribution is 5.42. The maximum Gasteiger partial charge on any atom is 0.123 e. The van der Waals surface area contributed by atoms with Crippen LogP contribution in [0.3, 0.4) is 0 Å². The molecule has 0 atom stereocenters. The zero-order valence-corrected chi connectivity index (χ0v) is 32.9. The Morgan fingerprint density at radius 3 is 0.865 bits per heavy atom. The second-order valence-electron chi connectivity index (χ2n) is 13.8. The topological polar surface area (TPSA) is 75.6 Å². The van der Waals surface area contributed by atoms with Crippen LogP contribution in [0.2, 0.25) is 0 Å². The molecule has 0 aliphatic carbocycles. The third-order valence-corrected chi connectivity index (χ3v) is 8.88. The third kappa shape index (κ3) is 18.3. The van der Waals surface area contributed by atoms with Crippen molar-refractivity contribution in [3.63, 3.8) is 0 Å². The molecule has 7 heteroatoms. The Hall–Kier alpha value is -3.58. The van der Waals surface area contributed by atoms with Crippen LogP contribution in [0.4, 0.5) is 0 Å². The maximum absolute atomic E-state index is 10.1. The monoisotopic (exact) mass is 720 g/mol. The van der Waals surface area contributed by atoms with Gasteiger partial charge in [0.1, 0.15) is 47.7 Å². The molecule has 0 fully saturated rings. The van der Waals surface area contributed by atoms with Crippen molar-refractivity contribution in [1.82, 2.24) is 0 Å². The first-order chi connectivity index (χ1) is 25.6. The molecule has 0 aliphatic heterocycles. The highest BCUT2D eigenvalue weighted by Crippen LogP contribution is 2.29. The lowest BCUT2D eigenvalue weighted by molar-refractivity contribution is 0.268. The van der Waals surface area contributed by atoms with Crippen LogP contribution >= 0.6 is 0 Å². The van der Waals surface area contributed by atoms with Crippen molar-refractivity contribution < 1.29 is 33.5 Å². The average Bonchev–Trinajstić information content (AvgIpc) is 3.16. The largest absolute Gasteiger partial charge is 0.493 e. The molecule has 0 saturated heterocycles. The van der Waals surface area contributed by atoms with Gasteiger partial charge in [-0.3, -0.25) is 0 Å². The zero-order valence-electron chi connectivity index (χ0n) is 32.9. The summed E-state index contributed by atoms with van der Waals surface area (Å²) < 4.78 is 37.2. The number of unbranched alkanes of at least 4 members (excludes halogenated alkanes) is 12. The normalized spacial score (nSPS) is 11.0. The molecule has 0 radical (unpaired) electrons. The van der Waals surface area contributed by atoms with E-state index in [9.17, 15) is 5.11 Å². The predicted molar refractivity (Wildman–Crippen MR) is 212 cm³/mol. The van der Waals surface area contributed by atoms with Crippen LogP contribution in [0.5, 0.6) is 34.5 Å². The van der Waals surface area contributed by atoms with Crippen molar-refractivity contribution in [1.29, 1.82) is 0 Å². The summed E-state index contributed by atoms with van der Waals surface area (Å²) in [5, 5.41) is 10.1. The number of ether oxygens (including phenoxy) is 6. The first kappa shape index (κ1) is 42.8. The van der Waals surface area contributed by atoms with Gasteiger partial charge in [0, 0.05) is 18.2 Å². The predicted octanol–water partition coefficient (Wildman–Crippen LogP) is 12.2. The number of benzene rings is 3. The highest BCUT2D eigenvalue weighted by Gasteiger charge is 2.10. The molecule has 0 spiro atoms. The molecule has 52 heavy (non-hydrogen) atoms. The van der Waals surface area contributed by atoms with Crippen LogP contribution in [-0.2, 0) is 19.8 Å². The molecule has 0 aromatic heterocycles. The fourth-order valence-corrected chi connectivity index (χ4v) is 5.86. The van der Waals surface area contributed by atoms with Crippen molar-refractivity contribution in [2.45, 2.75) is 150 Å². The Labute approximate surface area is 315 Å². The van der Waals surface area contributed by atoms with Crippen molar-refractivity contribution >= 4 is 0 Å². The number of hydrogen-bond acceptors (Lipinski definition) is 7. The summed E-state index contributed by atoms with van der Waals surface area (Å²) in [6.45, 7) is 12.1. The van der Waals surface area contributed by atoms with E-state index < -0.39 is 0 Å². The van der Waals surface area contributed by atoms with Gasteiger partial charge in [0.2, 0.25) is 0 Å². The second-order valence-corrected chi connectivity index (χ2v) is 13.8. The molecule has 3 aromatic carbocycles. The van der Waals surface area contributed by atoms with Crippen LogP contribution < -0.4 is 28.4 Å². The molecular weight excluding hydrogens is 652 g/mol. The molecule has 7 nitrogen and oxygen atoms in total. The van der Waals surface area contributed by atoms with E-state index in [0.717, 1.165) is 85.5 Å². The lowest BCUT2D eigenvalue weighted by Crippen LogP contribution is -2.04. The van der Waals surface area contributed by atoms with E-state index in [0.29, 0.717) is 56.7 Å². The summed E-state index contributed by atoms with van der Waals surface area (Å²) >= 11 is 0. The van der Waals surface area contributed by atoms with Crippen molar-refractivity contribution in [2.24, 2.45) is 0 Å². The van der Waals surface area contributed by atoms with Gasteiger partial charge in [0.05, 0.1) is 33.0 Å². The second kappa shape index (κ2) is 27.1. The number of rotatable bonds is 31. The Kier molecular flexibility index (Phi) is 22.3. The fraction of sp³-hybridized carbons (Fsp3) is 0.600. The lowest BCUT2D eigenvalue weighted by atomic mass is 10.2. The molecular formula is C45H68O7. The van der Waals surface area contributed by atoms with Crippen LogP contribution in [0.1, 0.15) is 147 Å². The van der Waals surface area contributed by atoms with Gasteiger partial charge in [-0.2, -0.15) is 0 Å². The van der Waals surface area contributed by atoms with Crippen molar-refractivity contribution in [3.8, 4) is 34.5 Å².